The molecule has 0 bridgehead atoms. The number of hydrogen-bond acceptors (Lipinski definition) is 7. The molecule has 0 saturated heterocycles. The Morgan fingerprint density at radius 3 is 2.83 bits per heavy atom. The van der Waals surface area contributed by atoms with Crippen LogP contribution in [0.15, 0.2) is 48.5 Å². The predicted octanol–water partition coefficient (Wildman–Crippen LogP) is 1.28. The first-order valence-electron chi connectivity index (χ1n) is 11.5. The van der Waals surface area contributed by atoms with Crippen molar-refractivity contribution >= 4 is 28.5 Å². The lowest BCUT2D eigenvalue weighted by molar-refractivity contribution is -0.133. The molecular formula is C24H30N6O5. The normalized spacial score (nSPS) is 15.5. The van der Waals surface area contributed by atoms with Crippen molar-refractivity contribution < 1.29 is 24.5 Å². The summed E-state index contributed by atoms with van der Waals surface area (Å²) in [6.45, 7) is 3.85. The van der Waals surface area contributed by atoms with Crippen LogP contribution in [0, 0.1) is 5.92 Å². The topological polar surface area (TPSA) is 135 Å². The zero-order valence-corrected chi connectivity index (χ0v) is 20.0. The molecule has 0 radical (unpaired) electrons. The van der Waals surface area contributed by atoms with Crippen LogP contribution in [0.4, 0.5) is 5.82 Å². The van der Waals surface area contributed by atoms with Crippen LogP contribution in [0.2, 0.25) is 0 Å². The third-order valence-corrected chi connectivity index (χ3v) is 5.76. The molecule has 2 amide bonds. The number of nitrogens with zero attached hydrogens (tertiary/aromatic N) is 5. The number of benzene rings is 1. The van der Waals surface area contributed by atoms with E-state index in [1.54, 1.807) is 23.1 Å². The van der Waals surface area contributed by atoms with E-state index in [9.17, 15) is 14.7 Å². The zero-order chi connectivity index (χ0) is 25.1. The molecule has 2 atom stereocenters. The van der Waals surface area contributed by atoms with E-state index < -0.39 is 12.1 Å². The number of fused-ring (bicyclic) bond motifs is 1. The van der Waals surface area contributed by atoms with Crippen molar-refractivity contribution in [2.24, 2.45) is 13.0 Å². The van der Waals surface area contributed by atoms with E-state index in [1.807, 2.05) is 39.1 Å². The Balaban J connectivity index is 1.46. The molecule has 0 unspecified atom stereocenters. The lowest BCUT2D eigenvalue weighted by Crippen LogP contribution is -2.46. The van der Waals surface area contributed by atoms with Crippen LogP contribution >= 0.6 is 0 Å². The molecule has 3 N–H and O–H groups in total. The van der Waals surface area contributed by atoms with Crippen LogP contribution in [-0.4, -0.2) is 71.8 Å². The summed E-state index contributed by atoms with van der Waals surface area (Å²) < 4.78 is 9.24. The fourth-order valence-electron chi connectivity index (χ4n) is 4.05. The molecule has 11 nitrogen and oxygen atoms in total. The number of nitrogens with one attached hydrogen (secondary N) is 1. The third kappa shape index (κ3) is 5.52. The Morgan fingerprint density at radius 2 is 2.09 bits per heavy atom. The van der Waals surface area contributed by atoms with Gasteiger partial charge >= 0.3 is 0 Å². The van der Waals surface area contributed by atoms with Crippen LogP contribution in [0.5, 0.6) is 5.75 Å². The minimum absolute atomic E-state index is 0.0979. The largest absolute Gasteiger partial charge is 0.459 e. The van der Waals surface area contributed by atoms with Gasteiger partial charge in [-0.25, -0.2) is 0 Å². The van der Waals surface area contributed by atoms with Gasteiger partial charge in [-0.2, -0.15) is 10.2 Å². The van der Waals surface area contributed by atoms with Crippen molar-refractivity contribution in [3.8, 4) is 5.75 Å². The Bertz CT molecular complexity index is 1250. The van der Waals surface area contributed by atoms with E-state index >= 15 is 0 Å². The molecule has 0 saturated carbocycles. The maximum absolute atomic E-state index is 13.2. The number of aliphatic hydroxyl groups excluding tert-OH is 2. The minimum atomic E-state index is -0.948. The van der Waals surface area contributed by atoms with Gasteiger partial charge in [0.05, 0.1) is 42.9 Å². The summed E-state index contributed by atoms with van der Waals surface area (Å²) in [7, 11) is 1.85. The van der Waals surface area contributed by atoms with Crippen molar-refractivity contribution in [1.29, 1.82) is 0 Å². The van der Waals surface area contributed by atoms with Crippen molar-refractivity contribution in [1.82, 2.24) is 24.5 Å². The Morgan fingerprint density at radius 1 is 1.29 bits per heavy atom. The standard InChI is InChI=1S/C24H30N6O5/c1-15(2)9-20(24(34)26-22-7-8-29(27-22)12-16(32)14-31)30-13-17(10-23(30)33)35-21-6-4-5-19-18(21)11-25-28(19)3/h4-8,10-11,15-16,20,31-32H,9,12-14H2,1-3H3,(H,26,27,34)/t16-,20+/m1/s1. The number of ether oxygens (including phenoxy) is 1. The summed E-state index contributed by atoms with van der Waals surface area (Å²) in [6.07, 6.45) is 4.24. The summed E-state index contributed by atoms with van der Waals surface area (Å²) in [5, 5.41) is 30.7. The molecule has 186 valence electrons. The van der Waals surface area contributed by atoms with Gasteiger partial charge in [0, 0.05) is 25.4 Å². The lowest BCUT2D eigenvalue weighted by atomic mass is 10.0. The molecule has 1 aliphatic heterocycles. The molecular weight excluding hydrogens is 452 g/mol. The van der Waals surface area contributed by atoms with E-state index in [-0.39, 0.29) is 37.4 Å². The van der Waals surface area contributed by atoms with Gasteiger partial charge in [-0.15, -0.1) is 0 Å². The fraction of sp³-hybridized carbons (Fsp3) is 0.417. The number of aryl methyl sites for hydroxylation is 1. The molecule has 0 spiro atoms. The number of carbonyl (C=O) groups excluding carboxylic acids is 2. The van der Waals surface area contributed by atoms with E-state index in [2.05, 4.69) is 15.5 Å². The molecule has 3 heterocycles. The highest BCUT2D eigenvalue weighted by molar-refractivity contribution is 6.00. The number of aromatic nitrogens is 4. The highest BCUT2D eigenvalue weighted by Crippen LogP contribution is 2.29. The van der Waals surface area contributed by atoms with E-state index in [0.29, 0.717) is 23.7 Å². The smallest absolute Gasteiger partial charge is 0.251 e. The molecule has 4 rings (SSSR count). The monoisotopic (exact) mass is 482 g/mol. The second-order valence-corrected chi connectivity index (χ2v) is 9.03. The fourth-order valence-corrected chi connectivity index (χ4v) is 4.05. The maximum Gasteiger partial charge on any atom is 0.251 e. The van der Waals surface area contributed by atoms with Gasteiger partial charge in [0.15, 0.2) is 5.82 Å². The molecule has 2 aromatic heterocycles. The third-order valence-electron chi connectivity index (χ3n) is 5.76. The number of aliphatic hydroxyl groups is 2. The van der Waals surface area contributed by atoms with E-state index in [0.717, 1.165) is 10.9 Å². The number of amides is 2. The van der Waals surface area contributed by atoms with Crippen molar-refractivity contribution in [3.63, 3.8) is 0 Å². The summed E-state index contributed by atoms with van der Waals surface area (Å²) in [4.78, 5) is 27.6. The summed E-state index contributed by atoms with van der Waals surface area (Å²) in [5.74, 6) is 0.852. The first-order valence-corrected chi connectivity index (χ1v) is 11.5. The van der Waals surface area contributed by atoms with Gasteiger partial charge in [-0.1, -0.05) is 19.9 Å². The quantitative estimate of drug-likeness (QED) is 0.396. The Labute approximate surface area is 202 Å². The van der Waals surface area contributed by atoms with E-state index in [1.165, 1.54) is 15.7 Å². The summed E-state index contributed by atoms with van der Waals surface area (Å²) in [6, 6.07) is 6.50. The van der Waals surface area contributed by atoms with Crippen LogP contribution in [0.3, 0.4) is 0 Å². The van der Waals surface area contributed by atoms with Gasteiger partial charge in [-0.3, -0.25) is 19.0 Å². The molecule has 1 aromatic carbocycles. The molecule has 1 aliphatic rings. The van der Waals surface area contributed by atoms with Gasteiger partial charge in [0.2, 0.25) is 5.91 Å². The second-order valence-electron chi connectivity index (χ2n) is 9.03. The Kier molecular flexibility index (Phi) is 7.17. The van der Waals surface area contributed by atoms with Crippen LogP contribution in [0.1, 0.15) is 20.3 Å². The van der Waals surface area contributed by atoms with Crippen molar-refractivity contribution in [3.05, 3.63) is 48.5 Å². The summed E-state index contributed by atoms with van der Waals surface area (Å²) >= 11 is 0. The molecule has 11 heteroatoms. The van der Waals surface area contributed by atoms with Crippen LogP contribution in [-0.2, 0) is 23.2 Å². The van der Waals surface area contributed by atoms with E-state index in [4.69, 9.17) is 9.84 Å². The molecule has 35 heavy (non-hydrogen) atoms. The molecule has 3 aromatic rings. The molecule has 0 fully saturated rings. The summed E-state index contributed by atoms with van der Waals surface area (Å²) in [5.41, 5.74) is 0.910. The highest BCUT2D eigenvalue weighted by atomic mass is 16.5. The highest BCUT2D eigenvalue weighted by Gasteiger charge is 2.35. The van der Waals surface area contributed by atoms with Crippen LogP contribution in [0.25, 0.3) is 10.9 Å². The number of hydrogen-bond donors (Lipinski definition) is 3. The number of anilines is 1. The average Bonchev–Trinajstić information content (AvgIpc) is 3.51. The van der Waals surface area contributed by atoms with Gasteiger partial charge in [0.1, 0.15) is 17.6 Å². The minimum Gasteiger partial charge on any atom is -0.459 e. The van der Waals surface area contributed by atoms with Crippen molar-refractivity contribution in [2.75, 3.05) is 18.5 Å². The first kappa shape index (κ1) is 24.4. The SMILES string of the molecule is CC(C)C[C@@H](C(=O)Nc1ccn(C[C@@H](O)CO)n1)N1CC(Oc2cccc3c2cnn3C)=CC1=O. The number of rotatable bonds is 10. The Hall–Kier alpha value is -3.70. The average molecular weight is 483 g/mol. The van der Waals surface area contributed by atoms with Crippen LogP contribution < -0.4 is 10.1 Å². The maximum atomic E-state index is 13.2. The lowest BCUT2D eigenvalue weighted by Gasteiger charge is -2.28. The second kappa shape index (κ2) is 10.3. The van der Waals surface area contributed by atoms with Gasteiger partial charge < -0.3 is 25.2 Å². The first-order chi connectivity index (χ1) is 16.7. The zero-order valence-electron chi connectivity index (χ0n) is 20.0. The van der Waals surface area contributed by atoms with Gasteiger partial charge in [0.25, 0.3) is 5.91 Å². The number of carbonyl (C=O) groups is 2. The molecule has 0 aliphatic carbocycles. The van der Waals surface area contributed by atoms with Gasteiger partial charge in [-0.05, 0) is 24.5 Å². The predicted molar refractivity (Wildman–Crippen MR) is 128 cm³/mol. The van der Waals surface area contributed by atoms with Crippen molar-refractivity contribution in [2.45, 2.75) is 39.0 Å².